The van der Waals surface area contributed by atoms with Crippen LogP contribution in [0.5, 0.6) is 0 Å². The molecule has 1 saturated heterocycles. The Hall–Kier alpha value is -0.590. The molecule has 1 fully saturated rings. The van der Waals surface area contributed by atoms with Crippen molar-refractivity contribution in [3.63, 3.8) is 0 Å². The van der Waals surface area contributed by atoms with Gasteiger partial charge in [0.2, 0.25) is 0 Å². The standard InChI is InChI=1S/C11H21N3/c1-3-6-14-9-10(2)7-13-8-11(14)4-5-12/h10-11,13H,3-4,6-9H2,1-2H3. The zero-order chi connectivity index (χ0) is 10.4. The Morgan fingerprint density at radius 3 is 2.93 bits per heavy atom. The molecule has 14 heavy (non-hydrogen) atoms. The molecule has 1 aliphatic heterocycles. The quantitative estimate of drug-likeness (QED) is 0.736. The monoisotopic (exact) mass is 195 g/mol. The van der Waals surface area contributed by atoms with Crippen molar-refractivity contribution in [1.29, 1.82) is 5.26 Å². The number of nitrogens with zero attached hydrogens (tertiary/aromatic N) is 2. The van der Waals surface area contributed by atoms with Crippen molar-refractivity contribution in [2.75, 3.05) is 26.2 Å². The molecule has 0 aromatic carbocycles. The van der Waals surface area contributed by atoms with Crippen LogP contribution in [-0.2, 0) is 0 Å². The molecule has 0 radical (unpaired) electrons. The summed E-state index contributed by atoms with van der Waals surface area (Å²) in [4.78, 5) is 2.47. The van der Waals surface area contributed by atoms with E-state index in [-0.39, 0.29) is 0 Å². The Kier molecular flexibility index (Phi) is 4.92. The van der Waals surface area contributed by atoms with Gasteiger partial charge in [-0.3, -0.25) is 4.90 Å². The Morgan fingerprint density at radius 1 is 1.50 bits per heavy atom. The van der Waals surface area contributed by atoms with Crippen LogP contribution in [0.15, 0.2) is 0 Å². The minimum atomic E-state index is 0.421. The largest absolute Gasteiger partial charge is 0.315 e. The number of nitrogens with one attached hydrogen (secondary N) is 1. The molecular formula is C11H21N3. The lowest BCUT2D eigenvalue weighted by Gasteiger charge is -2.28. The molecule has 0 saturated carbocycles. The molecule has 1 heterocycles. The maximum atomic E-state index is 8.76. The van der Waals surface area contributed by atoms with Crippen LogP contribution in [0.25, 0.3) is 0 Å². The molecule has 0 aromatic heterocycles. The molecule has 1 rings (SSSR count). The normalized spacial score (nSPS) is 29.5. The molecular weight excluding hydrogens is 174 g/mol. The average molecular weight is 195 g/mol. The van der Waals surface area contributed by atoms with Gasteiger partial charge in [0.05, 0.1) is 12.5 Å². The fourth-order valence-corrected chi connectivity index (χ4v) is 2.11. The highest BCUT2D eigenvalue weighted by molar-refractivity contribution is 4.87. The summed E-state index contributed by atoms with van der Waals surface area (Å²) < 4.78 is 0. The summed E-state index contributed by atoms with van der Waals surface area (Å²) in [5, 5.41) is 12.2. The van der Waals surface area contributed by atoms with Crippen molar-refractivity contribution in [2.45, 2.75) is 32.7 Å². The smallest absolute Gasteiger partial charge is 0.0638 e. The average Bonchev–Trinajstić information content (AvgIpc) is 2.31. The first kappa shape index (κ1) is 11.5. The molecule has 3 heteroatoms. The minimum Gasteiger partial charge on any atom is -0.315 e. The van der Waals surface area contributed by atoms with Gasteiger partial charge in [0, 0.05) is 19.1 Å². The van der Waals surface area contributed by atoms with E-state index in [0.29, 0.717) is 18.4 Å². The number of hydrogen-bond donors (Lipinski definition) is 1. The molecule has 2 unspecified atom stereocenters. The highest BCUT2D eigenvalue weighted by Crippen LogP contribution is 2.11. The van der Waals surface area contributed by atoms with E-state index in [9.17, 15) is 0 Å². The molecule has 2 atom stereocenters. The van der Waals surface area contributed by atoms with Gasteiger partial charge in [0.1, 0.15) is 0 Å². The number of hydrogen-bond acceptors (Lipinski definition) is 3. The second-order valence-electron chi connectivity index (χ2n) is 4.27. The van der Waals surface area contributed by atoms with Crippen LogP contribution in [0, 0.1) is 17.2 Å². The lowest BCUT2D eigenvalue weighted by molar-refractivity contribution is 0.194. The maximum Gasteiger partial charge on any atom is 0.0638 e. The lowest BCUT2D eigenvalue weighted by Crippen LogP contribution is -2.40. The van der Waals surface area contributed by atoms with E-state index >= 15 is 0 Å². The fourth-order valence-electron chi connectivity index (χ4n) is 2.11. The van der Waals surface area contributed by atoms with Gasteiger partial charge in [-0.1, -0.05) is 13.8 Å². The first-order chi connectivity index (χ1) is 6.77. The zero-order valence-corrected chi connectivity index (χ0v) is 9.29. The lowest BCUT2D eigenvalue weighted by atomic mass is 10.1. The van der Waals surface area contributed by atoms with Crippen molar-refractivity contribution >= 4 is 0 Å². The SMILES string of the molecule is CCCN1CC(C)CNCC1CC#N. The van der Waals surface area contributed by atoms with Crippen LogP contribution in [0.4, 0.5) is 0 Å². The molecule has 1 aliphatic rings. The Bertz CT molecular complexity index is 197. The van der Waals surface area contributed by atoms with Crippen LogP contribution < -0.4 is 5.32 Å². The van der Waals surface area contributed by atoms with Crippen molar-refractivity contribution in [2.24, 2.45) is 5.92 Å². The van der Waals surface area contributed by atoms with Gasteiger partial charge in [-0.25, -0.2) is 0 Å². The molecule has 0 aliphatic carbocycles. The summed E-state index contributed by atoms with van der Waals surface area (Å²) in [5.74, 6) is 0.699. The van der Waals surface area contributed by atoms with E-state index in [4.69, 9.17) is 5.26 Å². The molecule has 0 spiro atoms. The molecule has 0 bridgehead atoms. The predicted molar refractivity (Wildman–Crippen MR) is 57.9 cm³/mol. The van der Waals surface area contributed by atoms with E-state index in [1.807, 2.05) is 0 Å². The predicted octanol–water partition coefficient (Wildman–Crippen LogP) is 1.22. The first-order valence-corrected chi connectivity index (χ1v) is 5.59. The van der Waals surface area contributed by atoms with Gasteiger partial charge < -0.3 is 5.32 Å². The van der Waals surface area contributed by atoms with Gasteiger partial charge in [-0.2, -0.15) is 5.26 Å². The van der Waals surface area contributed by atoms with E-state index in [1.165, 1.54) is 6.42 Å². The third-order valence-electron chi connectivity index (χ3n) is 2.77. The second-order valence-corrected chi connectivity index (χ2v) is 4.27. The third-order valence-corrected chi connectivity index (χ3v) is 2.77. The van der Waals surface area contributed by atoms with Gasteiger partial charge in [-0.15, -0.1) is 0 Å². The van der Waals surface area contributed by atoms with Crippen molar-refractivity contribution in [3.8, 4) is 6.07 Å². The second kappa shape index (κ2) is 6.00. The van der Waals surface area contributed by atoms with Gasteiger partial charge in [0.15, 0.2) is 0 Å². The highest BCUT2D eigenvalue weighted by Gasteiger charge is 2.22. The van der Waals surface area contributed by atoms with Crippen LogP contribution in [0.2, 0.25) is 0 Å². The zero-order valence-electron chi connectivity index (χ0n) is 9.29. The van der Waals surface area contributed by atoms with Crippen LogP contribution in [0.1, 0.15) is 26.7 Å². The number of rotatable bonds is 3. The van der Waals surface area contributed by atoms with Crippen molar-refractivity contribution < 1.29 is 0 Å². The summed E-state index contributed by atoms with van der Waals surface area (Å²) >= 11 is 0. The third kappa shape index (κ3) is 3.28. The van der Waals surface area contributed by atoms with Gasteiger partial charge in [-0.05, 0) is 25.4 Å². The van der Waals surface area contributed by atoms with Gasteiger partial charge >= 0.3 is 0 Å². The highest BCUT2D eigenvalue weighted by atomic mass is 15.2. The minimum absolute atomic E-state index is 0.421. The van der Waals surface area contributed by atoms with E-state index in [2.05, 4.69) is 30.1 Å². The molecule has 80 valence electrons. The van der Waals surface area contributed by atoms with E-state index in [1.54, 1.807) is 0 Å². The summed E-state index contributed by atoms with van der Waals surface area (Å²) in [5.41, 5.74) is 0. The summed E-state index contributed by atoms with van der Waals surface area (Å²) in [7, 11) is 0. The Balaban J connectivity index is 2.55. The maximum absolute atomic E-state index is 8.76. The van der Waals surface area contributed by atoms with Gasteiger partial charge in [0.25, 0.3) is 0 Å². The van der Waals surface area contributed by atoms with E-state index in [0.717, 1.165) is 26.2 Å². The molecule has 3 nitrogen and oxygen atoms in total. The van der Waals surface area contributed by atoms with Crippen LogP contribution in [0.3, 0.4) is 0 Å². The van der Waals surface area contributed by atoms with E-state index < -0.39 is 0 Å². The molecule has 0 amide bonds. The topological polar surface area (TPSA) is 39.1 Å². The summed E-state index contributed by atoms with van der Waals surface area (Å²) in [6, 6.07) is 2.71. The number of nitriles is 1. The van der Waals surface area contributed by atoms with Crippen molar-refractivity contribution in [1.82, 2.24) is 10.2 Å². The Labute approximate surface area is 87.1 Å². The molecule has 1 N–H and O–H groups in total. The van der Waals surface area contributed by atoms with Crippen LogP contribution >= 0.6 is 0 Å². The first-order valence-electron chi connectivity index (χ1n) is 5.59. The Morgan fingerprint density at radius 2 is 2.29 bits per heavy atom. The fraction of sp³-hybridized carbons (Fsp3) is 0.909. The summed E-state index contributed by atoms with van der Waals surface area (Å²) in [6.45, 7) is 8.78. The summed E-state index contributed by atoms with van der Waals surface area (Å²) in [6.07, 6.45) is 1.83. The molecule has 0 aromatic rings. The van der Waals surface area contributed by atoms with Crippen molar-refractivity contribution in [3.05, 3.63) is 0 Å². The van der Waals surface area contributed by atoms with Crippen LogP contribution in [-0.4, -0.2) is 37.1 Å².